The maximum atomic E-state index is 11.2. The van der Waals surface area contributed by atoms with Crippen molar-refractivity contribution in [1.82, 2.24) is 14.9 Å². The summed E-state index contributed by atoms with van der Waals surface area (Å²) in [6.07, 6.45) is 6.10. The molecule has 4 rings (SSSR count). The molecule has 5 nitrogen and oxygen atoms in total. The fourth-order valence-corrected chi connectivity index (χ4v) is 3.72. The van der Waals surface area contributed by atoms with Crippen LogP contribution >= 0.6 is 0 Å². The molecule has 0 saturated heterocycles. The number of aliphatic hydroxyl groups is 1. The number of rotatable bonds is 4. The molecule has 2 aromatic heterocycles. The highest BCUT2D eigenvalue weighted by atomic mass is 16.3. The number of nitrogens with zero attached hydrogens (tertiary/aromatic N) is 2. The number of carbonyl (C=O) groups excluding carboxylic acids is 1. The lowest BCUT2D eigenvalue weighted by molar-refractivity contribution is -0.105. The first kappa shape index (κ1) is 16.5. The summed E-state index contributed by atoms with van der Waals surface area (Å²) in [5, 5.41) is 13.2. The highest BCUT2D eigenvalue weighted by molar-refractivity contribution is 6.05. The minimum atomic E-state index is -0.738. The number of hydrogen-bond acceptors (Lipinski definition) is 4. The van der Waals surface area contributed by atoms with E-state index in [2.05, 4.69) is 9.97 Å². The molecule has 0 amide bonds. The van der Waals surface area contributed by atoms with Crippen LogP contribution in [0.25, 0.3) is 21.9 Å². The number of H-pyrrole nitrogens is 1. The van der Waals surface area contributed by atoms with Crippen LogP contribution < -0.4 is 0 Å². The second kappa shape index (κ2) is 6.42. The van der Waals surface area contributed by atoms with Gasteiger partial charge in [-0.15, -0.1) is 0 Å². The fraction of sp³-hybridized carbons (Fsp3) is 0.238. The summed E-state index contributed by atoms with van der Waals surface area (Å²) in [6, 6.07) is 10.0. The van der Waals surface area contributed by atoms with Gasteiger partial charge in [0.15, 0.2) is 0 Å². The molecule has 3 aromatic rings. The number of nitrogens with one attached hydrogen (secondary N) is 1. The smallest absolute Gasteiger partial charge is 0.146 e. The summed E-state index contributed by atoms with van der Waals surface area (Å²) >= 11 is 0. The number of carbonyl (C=O) groups is 1. The first-order valence-electron chi connectivity index (χ1n) is 8.66. The van der Waals surface area contributed by atoms with Gasteiger partial charge >= 0.3 is 0 Å². The molecule has 0 saturated carbocycles. The predicted molar refractivity (Wildman–Crippen MR) is 103 cm³/mol. The Balaban J connectivity index is 1.76. The second-order valence-electron chi connectivity index (χ2n) is 6.94. The predicted octanol–water partition coefficient (Wildman–Crippen LogP) is 3.34. The first-order valence-corrected chi connectivity index (χ1v) is 8.66. The van der Waals surface area contributed by atoms with Crippen LogP contribution in [0.5, 0.6) is 0 Å². The van der Waals surface area contributed by atoms with Gasteiger partial charge in [-0.2, -0.15) is 0 Å². The van der Waals surface area contributed by atoms with Gasteiger partial charge in [0.1, 0.15) is 11.9 Å². The zero-order valence-corrected chi connectivity index (χ0v) is 14.8. The standard InChI is InChI=1S/C21H21N3O2/c1-24(2)19-8-7-13(12-25)9-17(19)20(26)14-10-16-15-5-3-4-6-18(15)23-21(16)22-11-14/h3-8,10-12,17,20,26H,9H2,1-2H3,(H,22,23). The summed E-state index contributed by atoms with van der Waals surface area (Å²) < 4.78 is 0. The lowest BCUT2D eigenvalue weighted by Crippen LogP contribution is -2.27. The minimum Gasteiger partial charge on any atom is -0.388 e. The molecule has 0 fully saturated rings. The normalized spacial score (nSPS) is 18.5. The third-order valence-electron chi connectivity index (χ3n) is 5.07. The van der Waals surface area contributed by atoms with E-state index < -0.39 is 6.10 Å². The average Bonchev–Trinajstić information content (AvgIpc) is 3.04. The van der Waals surface area contributed by atoms with E-state index >= 15 is 0 Å². The number of fused-ring (bicyclic) bond motifs is 3. The van der Waals surface area contributed by atoms with Crippen LogP contribution in [0, 0.1) is 5.92 Å². The second-order valence-corrected chi connectivity index (χ2v) is 6.94. The fourth-order valence-electron chi connectivity index (χ4n) is 3.72. The van der Waals surface area contributed by atoms with Crippen molar-refractivity contribution in [3.05, 3.63) is 65.5 Å². The van der Waals surface area contributed by atoms with Crippen molar-refractivity contribution < 1.29 is 9.90 Å². The number of hydrogen-bond donors (Lipinski definition) is 2. The lowest BCUT2D eigenvalue weighted by atomic mass is 9.84. The SMILES string of the molecule is CN(C)C1=CC=C(C=O)CC1C(O)c1cnc2[nH]c3ccccc3c2c1. The van der Waals surface area contributed by atoms with Crippen molar-refractivity contribution in [2.75, 3.05) is 14.1 Å². The Bertz CT molecular complexity index is 1050. The van der Waals surface area contributed by atoms with Crippen LogP contribution in [0.4, 0.5) is 0 Å². The number of para-hydroxylation sites is 1. The molecule has 0 bridgehead atoms. The molecule has 1 aliphatic rings. The average molecular weight is 347 g/mol. The van der Waals surface area contributed by atoms with Crippen molar-refractivity contribution in [2.24, 2.45) is 5.92 Å². The Morgan fingerprint density at radius 3 is 2.85 bits per heavy atom. The van der Waals surface area contributed by atoms with Gasteiger partial charge in [0.05, 0.1) is 6.10 Å². The highest BCUT2D eigenvalue weighted by Gasteiger charge is 2.29. The zero-order chi connectivity index (χ0) is 18.3. The van der Waals surface area contributed by atoms with Crippen LogP contribution in [0.2, 0.25) is 0 Å². The molecule has 26 heavy (non-hydrogen) atoms. The van der Waals surface area contributed by atoms with Crippen LogP contribution in [0.1, 0.15) is 18.1 Å². The van der Waals surface area contributed by atoms with Gasteiger partial charge in [0.25, 0.3) is 0 Å². The Hall–Kier alpha value is -2.92. The van der Waals surface area contributed by atoms with Gasteiger partial charge in [-0.3, -0.25) is 4.79 Å². The van der Waals surface area contributed by atoms with E-state index in [1.807, 2.05) is 61.5 Å². The van der Waals surface area contributed by atoms with E-state index in [0.29, 0.717) is 12.0 Å². The van der Waals surface area contributed by atoms with Crippen LogP contribution in [-0.4, -0.2) is 40.4 Å². The van der Waals surface area contributed by atoms with Crippen molar-refractivity contribution in [3.63, 3.8) is 0 Å². The van der Waals surface area contributed by atoms with Gasteiger partial charge in [-0.1, -0.05) is 24.3 Å². The van der Waals surface area contributed by atoms with Gasteiger partial charge in [0.2, 0.25) is 0 Å². The first-order chi connectivity index (χ1) is 12.6. The number of pyridine rings is 1. The molecule has 1 aliphatic carbocycles. The summed E-state index contributed by atoms with van der Waals surface area (Å²) in [5.41, 5.74) is 4.29. The number of aromatic nitrogens is 2. The molecular formula is C21H21N3O2. The summed E-state index contributed by atoms with van der Waals surface area (Å²) in [5.74, 6) is -0.181. The van der Waals surface area contributed by atoms with Gasteiger partial charge < -0.3 is 15.0 Å². The van der Waals surface area contributed by atoms with E-state index in [1.54, 1.807) is 6.20 Å². The highest BCUT2D eigenvalue weighted by Crippen LogP contribution is 2.37. The number of aromatic amines is 1. The van der Waals surface area contributed by atoms with Crippen molar-refractivity contribution >= 4 is 28.2 Å². The number of aliphatic hydroxyl groups excluding tert-OH is 1. The van der Waals surface area contributed by atoms with Crippen LogP contribution in [-0.2, 0) is 4.79 Å². The van der Waals surface area contributed by atoms with Crippen LogP contribution in [0.3, 0.4) is 0 Å². The minimum absolute atomic E-state index is 0.181. The van der Waals surface area contributed by atoms with E-state index in [0.717, 1.165) is 39.5 Å². The molecule has 2 heterocycles. The quantitative estimate of drug-likeness (QED) is 0.710. The van der Waals surface area contributed by atoms with Gasteiger partial charge in [-0.25, -0.2) is 4.98 Å². The molecule has 5 heteroatoms. The number of allylic oxidation sites excluding steroid dienone is 3. The van der Waals surface area contributed by atoms with E-state index in [9.17, 15) is 9.90 Å². The zero-order valence-electron chi connectivity index (χ0n) is 14.8. The Morgan fingerprint density at radius 1 is 1.27 bits per heavy atom. The molecular weight excluding hydrogens is 326 g/mol. The van der Waals surface area contributed by atoms with Crippen molar-refractivity contribution in [2.45, 2.75) is 12.5 Å². The Kier molecular flexibility index (Phi) is 4.09. The van der Waals surface area contributed by atoms with Crippen LogP contribution in [0.15, 0.2) is 60.0 Å². The molecule has 1 aromatic carbocycles. The van der Waals surface area contributed by atoms with Crippen molar-refractivity contribution in [1.29, 1.82) is 0 Å². The molecule has 0 aliphatic heterocycles. The monoisotopic (exact) mass is 347 g/mol. The van der Waals surface area contributed by atoms with E-state index in [1.165, 1.54) is 0 Å². The Morgan fingerprint density at radius 2 is 2.08 bits per heavy atom. The third-order valence-corrected chi connectivity index (χ3v) is 5.07. The largest absolute Gasteiger partial charge is 0.388 e. The molecule has 2 N–H and O–H groups in total. The maximum Gasteiger partial charge on any atom is 0.146 e. The molecule has 2 unspecified atom stereocenters. The molecule has 0 radical (unpaired) electrons. The molecule has 2 atom stereocenters. The maximum absolute atomic E-state index is 11.2. The van der Waals surface area contributed by atoms with E-state index in [-0.39, 0.29) is 5.92 Å². The lowest BCUT2D eigenvalue weighted by Gasteiger charge is -2.32. The summed E-state index contributed by atoms with van der Waals surface area (Å²) in [4.78, 5) is 21.0. The van der Waals surface area contributed by atoms with E-state index in [4.69, 9.17) is 0 Å². The summed E-state index contributed by atoms with van der Waals surface area (Å²) in [7, 11) is 3.90. The van der Waals surface area contributed by atoms with Gasteiger partial charge in [0, 0.05) is 53.8 Å². The number of aldehydes is 1. The molecule has 0 spiro atoms. The van der Waals surface area contributed by atoms with Gasteiger partial charge in [-0.05, 0) is 30.2 Å². The summed E-state index contributed by atoms with van der Waals surface area (Å²) in [6.45, 7) is 0. The Labute approximate surface area is 151 Å². The topological polar surface area (TPSA) is 69.2 Å². The number of benzene rings is 1. The molecule has 132 valence electrons. The third kappa shape index (κ3) is 2.70. The van der Waals surface area contributed by atoms with Crippen molar-refractivity contribution in [3.8, 4) is 0 Å².